The van der Waals surface area contributed by atoms with Gasteiger partial charge in [-0.05, 0) is 48.0 Å². The molecule has 27 heavy (non-hydrogen) atoms. The van der Waals surface area contributed by atoms with E-state index in [4.69, 9.17) is 9.72 Å². The second-order valence-corrected chi connectivity index (χ2v) is 6.19. The highest BCUT2D eigenvalue weighted by atomic mass is 19.1. The third-order valence-corrected chi connectivity index (χ3v) is 4.48. The molecule has 0 fully saturated rings. The van der Waals surface area contributed by atoms with Crippen LogP contribution in [0, 0.1) is 5.82 Å². The molecule has 4 aromatic rings. The molecular formula is C24H18FNO. The van der Waals surface area contributed by atoms with Crippen molar-refractivity contribution in [1.82, 2.24) is 4.98 Å². The van der Waals surface area contributed by atoms with Crippen molar-refractivity contribution in [3.8, 4) is 39.4 Å². The minimum Gasteiger partial charge on any atom is -0.497 e. The van der Waals surface area contributed by atoms with Crippen LogP contribution < -0.4 is 4.74 Å². The van der Waals surface area contributed by atoms with E-state index in [-0.39, 0.29) is 5.82 Å². The molecule has 0 spiro atoms. The van der Waals surface area contributed by atoms with Crippen molar-refractivity contribution >= 4 is 0 Å². The molecule has 132 valence electrons. The van der Waals surface area contributed by atoms with Crippen LogP contribution in [0.4, 0.5) is 4.39 Å². The van der Waals surface area contributed by atoms with Crippen molar-refractivity contribution in [3.63, 3.8) is 0 Å². The quantitative estimate of drug-likeness (QED) is 0.433. The lowest BCUT2D eigenvalue weighted by molar-refractivity contribution is 0.415. The van der Waals surface area contributed by atoms with Gasteiger partial charge >= 0.3 is 0 Å². The Morgan fingerprint density at radius 1 is 0.667 bits per heavy atom. The summed E-state index contributed by atoms with van der Waals surface area (Å²) in [6, 6.07) is 28.4. The van der Waals surface area contributed by atoms with Crippen LogP contribution in [-0.4, -0.2) is 12.1 Å². The van der Waals surface area contributed by atoms with Gasteiger partial charge in [0, 0.05) is 16.7 Å². The number of halogens is 1. The molecule has 0 unspecified atom stereocenters. The Kier molecular flexibility index (Phi) is 4.67. The second-order valence-electron chi connectivity index (χ2n) is 6.19. The summed E-state index contributed by atoms with van der Waals surface area (Å²) in [5.41, 5.74) is 5.66. The molecule has 1 aromatic heterocycles. The maximum absolute atomic E-state index is 13.4. The van der Waals surface area contributed by atoms with Crippen molar-refractivity contribution in [1.29, 1.82) is 0 Å². The van der Waals surface area contributed by atoms with Crippen molar-refractivity contribution in [2.45, 2.75) is 0 Å². The molecule has 4 rings (SSSR count). The average Bonchev–Trinajstić information content (AvgIpc) is 2.75. The SMILES string of the molecule is COc1ccc(-c2nc(-c3ccccc3)ccc2-c2ccc(F)cc2)cc1. The largest absolute Gasteiger partial charge is 0.497 e. The molecule has 0 aliphatic rings. The first-order valence-corrected chi connectivity index (χ1v) is 8.71. The van der Waals surface area contributed by atoms with E-state index in [9.17, 15) is 4.39 Å². The predicted octanol–water partition coefficient (Wildman–Crippen LogP) is 6.23. The lowest BCUT2D eigenvalue weighted by Crippen LogP contribution is -1.93. The first-order valence-electron chi connectivity index (χ1n) is 8.71. The fraction of sp³-hybridized carbons (Fsp3) is 0.0417. The molecule has 3 heteroatoms. The molecule has 0 bridgehead atoms. The number of aromatic nitrogens is 1. The normalized spacial score (nSPS) is 10.6. The lowest BCUT2D eigenvalue weighted by Gasteiger charge is -2.12. The Morgan fingerprint density at radius 3 is 2.00 bits per heavy atom. The number of rotatable bonds is 4. The number of methoxy groups -OCH3 is 1. The van der Waals surface area contributed by atoms with Gasteiger partial charge in [0.15, 0.2) is 0 Å². The molecule has 0 saturated carbocycles. The van der Waals surface area contributed by atoms with E-state index in [0.717, 1.165) is 39.4 Å². The van der Waals surface area contributed by atoms with Gasteiger partial charge in [0.25, 0.3) is 0 Å². The zero-order valence-electron chi connectivity index (χ0n) is 14.9. The second kappa shape index (κ2) is 7.42. The van der Waals surface area contributed by atoms with E-state index in [0.29, 0.717) is 0 Å². The predicted molar refractivity (Wildman–Crippen MR) is 107 cm³/mol. The van der Waals surface area contributed by atoms with Crippen LogP contribution in [0.1, 0.15) is 0 Å². The van der Waals surface area contributed by atoms with Crippen molar-refractivity contribution in [3.05, 3.63) is 96.8 Å². The summed E-state index contributed by atoms with van der Waals surface area (Å²) in [4.78, 5) is 4.93. The Hall–Kier alpha value is -3.46. The van der Waals surface area contributed by atoms with Crippen molar-refractivity contribution in [2.24, 2.45) is 0 Å². The molecule has 3 aromatic carbocycles. The van der Waals surface area contributed by atoms with Crippen LogP contribution >= 0.6 is 0 Å². The number of pyridine rings is 1. The molecule has 0 atom stereocenters. The zero-order valence-corrected chi connectivity index (χ0v) is 14.9. The summed E-state index contributed by atoms with van der Waals surface area (Å²) in [7, 11) is 1.65. The Balaban J connectivity index is 1.88. The molecule has 0 saturated heterocycles. The van der Waals surface area contributed by atoms with E-state index in [1.54, 1.807) is 19.2 Å². The number of hydrogen-bond donors (Lipinski definition) is 0. The van der Waals surface area contributed by atoms with E-state index >= 15 is 0 Å². The average molecular weight is 355 g/mol. The molecular weight excluding hydrogens is 337 g/mol. The highest BCUT2D eigenvalue weighted by Gasteiger charge is 2.12. The summed E-state index contributed by atoms with van der Waals surface area (Å²) < 4.78 is 18.6. The molecule has 0 aliphatic heterocycles. The Morgan fingerprint density at radius 2 is 1.33 bits per heavy atom. The fourth-order valence-electron chi connectivity index (χ4n) is 3.06. The maximum Gasteiger partial charge on any atom is 0.123 e. The van der Waals surface area contributed by atoms with Crippen molar-refractivity contribution < 1.29 is 9.13 Å². The van der Waals surface area contributed by atoms with Crippen molar-refractivity contribution in [2.75, 3.05) is 7.11 Å². The van der Waals surface area contributed by atoms with Crippen LogP contribution in [0.5, 0.6) is 5.75 Å². The number of benzene rings is 3. The fourth-order valence-corrected chi connectivity index (χ4v) is 3.06. The minimum atomic E-state index is -0.251. The standard InChI is InChI=1S/C24H18FNO/c1-27-21-13-9-19(10-14-21)24-22(17-7-11-20(25)12-8-17)15-16-23(26-24)18-5-3-2-4-6-18/h2-16H,1H3. The highest BCUT2D eigenvalue weighted by molar-refractivity contribution is 5.83. The zero-order chi connectivity index (χ0) is 18.6. The van der Waals surface area contributed by atoms with Gasteiger partial charge < -0.3 is 4.74 Å². The van der Waals surface area contributed by atoms with Gasteiger partial charge in [-0.3, -0.25) is 0 Å². The summed E-state index contributed by atoms with van der Waals surface area (Å²) in [5, 5.41) is 0. The first-order chi connectivity index (χ1) is 13.2. The van der Waals surface area contributed by atoms with Crippen LogP contribution in [0.3, 0.4) is 0 Å². The molecule has 1 heterocycles. The van der Waals surface area contributed by atoms with Gasteiger partial charge in [-0.1, -0.05) is 48.5 Å². The molecule has 0 N–H and O–H groups in total. The van der Waals surface area contributed by atoms with Crippen LogP contribution in [-0.2, 0) is 0 Å². The smallest absolute Gasteiger partial charge is 0.123 e. The number of nitrogens with zero attached hydrogens (tertiary/aromatic N) is 1. The third-order valence-electron chi connectivity index (χ3n) is 4.48. The lowest BCUT2D eigenvalue weighted by atomic mass is 9.98. The maximum atomic E-state index is 13.4. The highest BCUT2D eigenvalue weighted by Crippen LogP contribution is 2.33. The van der Waals surface area contributed by atoms with Gasteiger partial charge in [-0.15, -0.1) is 0 Å². The van der Waals surface area contributed by atoms with Gasteiger partial charge in [0.05, 0.1) is 18.5 Å². The van der Waals surface area contributed by atoms with Gasteiger partial charge in [0.2, 0.25) is 0 Å². The number of hydrogen-bond acceptors (Lipinski definition) is 2. The summed E-state index contributed by atoms with van der Waals surface area (Å²) in [6.45, 7) is 0. The molecule has 0 aliphatic carbocycles. The molecule has 2 nitrogen and oxygen atoms in total. The minimum absolute atomic E-state index is 0.251. The van der Waals surface area contributed by atoms with E-state index in [1.807, 2.05) is 66.7 Å². The third kappa shape index (κ3) is 3.58. The summed E-state index contributed by atoms with van der Waals surface area (Å²) in [6.07, 6.45) is 0. The van der Waals surface area contributed by atoms with Crippen LogP contribution in [0.25, 0.3) is 33.6 Å². The Bertz CT molecular complexity index is 1040. The van der Waals surface area contributed by atoms with Gasteiger partial charge in [-0.2, -0.15) is 0 Å². The Labute approximate surface area is 157 Å². The summed E-state index contributed by atoms with van der Waals surface area (Å²) in [5.74, 6) is 0.542. The van der Waals surface area contributed by atoms with E-state index < -0.39 is 0 Å². The van der Waals surface area contributed by atoms with Gasteiger partial charge in [-0.25, -0.2) is 9.37 Å². The van der Waals surface area contributed by atoms with E-state index in [1.165, 1.54) is 12.1 Å². The topological polar surface area (TPSA) is 22.1 Å². The summed E-state index contributed by atoms with van der Waals surface area (Å²) >= 11 is 0. The monoisotopic (exact) mass is 355 g/mol. The van der Waals surface area contributed by atoms with Crippen LogP contribution in [0.15, 0.2) is 91.0 Å². The number of ether oxygens (including phenoxy) is 1. The van der Waals surface area contributed by atoms with Gasteiger partial charge in [0.1, 0.15) is 11.6 Å². The molecule has 0 radical (unpaired) electrons. The molecule has 0 amide bonds. The van der Waals surface area contributed by atoms with E-state index in [2.05, 4.69) is 0 Å². The first kappa shape index (κ1) is 17.0. The van der Waals surface area contributed by atoms with Crippen LogP contribution in [0.2, 0.25) is 0 Å².